The summed E-state index contributed by atoms with van der Waals surface area (Å²) >= 11 is 1.47. The van der Waals surface area contributed by atoms with E-state index in [0.29, 0.717) is 35.2 Å². The summed E-state index contributed by atoms with van der Waals surface area (Å²) in [5.41, 5.74) is 1.99. The van der Waals surface area contributed by atoms with Crippen molar-refractivity contribution in [2.24, 2.45) is 5.92 Å². The van der Waals surface area contributed by atoms with E-state index in [1.165, 1.54) is 21.9 Å². The molecule has 2 atom stereocenters. The molecule has 2 aromatic heterocycles. The number of aryl methyl sites for hydroxylation is 1. The van der Waals surface area contributed by atoms with Gasteiger partial charge in [-0.2, -0.15) is 18.2 Å². The number of fused-ring (bicyclic) bond motifs is 1. The quantitative estimate of drug-likeness (QED) is 0.397. The molecule has 1 aliphatic carbocycles. The second-order valence-electron chi connectivity index (χ2n) is 9.05. The highest BCUT2D eigenvalue weighted by molar-refractivity contribution is 7.88. The van der Waals surface area contributed by atoms with Gasteiger partial charge in [0, 0.05) is 19.1 Å². The number of thiazole rings is 1. The summed E-state index contributed by atoms with van der Waals surface area (Å²) in [5, 5.41) is 6.38. The number of para-hydroxylation sites is 1. The number of hydrogen-bond acceptors (Lipinski definition) is 8. The second kappa shape index (κ2) is 10.5. The molecule has 0 saturated heterocycles. The second-order valence-corrected chi connectivity index (χ2v) is 12.1. The van der Waals surface area contributed by atoms with E-state index in [0.717, 1.165) is 29.5 Å². The highest BCUT2D eigenvalue weighted by atomic mass is 32.2. The Kier molecular flexibility index (Phi) is 7.72. The molecule has 13 heteroatoms. The van der Waals surface area contributed by atoms with Crippen molar-refractivity contribution in [2.45, 2.75) is 45.3 Å². The fraction of sp³-hybridized carbons (Fsp3) is 0.522. The average Bonchev–Trinajstić information content (AvgIpc) is 3.41. The largest absolute Gasteiger partial charge is 0.405 e. The van der Waals surface area contributed by atoms with Crippen molar-refractivity contribution in [1.82, 2.24) is 19.3 Å². The lowest BCUT2D eigenvalue weighted by atomic mass is 10.1. The summed E-state index contributed by atoms with van der Waals surface area (Å²) in [6.45, 7) is 3.16. The van der Waals surface area contributed by atoms with Gasteiger partial charge in [-0.15, -0.1) is 11.3 Å². The average molecular weight is 543 g/mol. The minimum absolute atomic E-state index is 0.00818. The fourth-order valence-electron chi connectivity index (χ4n) is 4.52. The third-order valence-electron chi connectivity index (χ3n) is 6.21. The first-order chi connectivity index (χ1) is 16.9. The van der Waals surface area contributed by atoms with E-state index >= 15 is 0 Å². The van der Waals surface area contributed by atoms with Crippen LogP contribution in [0.15, 0.2) is 24.3 Å². The van der Waals surface area contributed by atoms with Gasteiger partial charge in [-0.3, -0.25) is 0 Å². The van der Waals surface area contributed by atoms with Crippen molar-refractivity contribution in [3.63, 3.8) is 0 Å². The number of anilines is 2. The molecular formula is C23H29F3N6O2S2. The van der Waals surface area contributed by atoms with Crippen molar-refractivity contribution in [3.05, 3.63) is 30.0 Å². The topological polar surface area (TPSA) is 100 Å². The monoisotopic (exact) mass is 542 g/mol. The first-order valence-corrected chi connectivity index (χ1v) is 14.4. The number of halogens is 3. The van der Waals surface area contributed by atoms with E-state index in [1.807, 2.05) is 31.2 Å². The number of nitrogens with one attached hydrogen (secondary N) is 2. The van der Waals surface area contributed by atoms with Crippen LogP contribution in [0.25, 0.3) is 20.8 Å². The summed E-state index contributed by atoms with van der Waals surface area (Å²) in [4.78, 5) is 13.4. The molecule has 0 spiro atoms. The molecule has 3 aromatic rings. The first kappa shape index (κ1) is 26.6. The standard InChI is InChI=1S/C23H29F3N6O2S2/c1-4-32(36(3,33)34)12-15-9-10-16(11-15)29-20-19(21-30-17-7-5-6-8-18(17)35-21)14(2)28-22(31-20)27-13-23(24,25)26/h5-8,15-16H,4,9-13H2,1-3H3,(H2,27,28,29,31)/t15-,16-/m0/s1. The molecule has 0 aliphatic heterocycles. The lowest BCUT2D eigenvalue weighted by Crippen LogP contribution is -2.34. The van der Waals surface area contributed by atoms with Gasteiger partial charge in [0.15, 0.2) is 0 Å². The highest BCUT2D eigenvalue weighted by Gasteiger charge is 2.31. The van der Waals surface area contributed by atoms with Crippen LogP contribution in [0, 0.1) is 12.8 Å². The molecule has 2 N–H and O–H groups in total. The summed E-state index contributed by atoms with van der Waals surface area (Å²) in [5.74, 6) is 0.488. The molecule has 0 amide bonds. The van der Waals surface area contributed by atoms with Gasteiger partial charge < -0.3 is 10.6 Å². The number of hydrogen-bond donors (Lipinski definition) is 2. The van der Waals surface area contributed by atoms with Crippen LogP contribution < -0.4 is 10.6 Å². The van der Waals surface area contributed by atoms with Crippen LogP contribution in [-0.4, -0.2) is 65.8 Å². The molecule has 196 valence electrons. The highest BCUT2D eigenvalue weighted by Crippen LogP contribution is 2.38. The Labute approximate surface area is 212 Å². The molecule has 0 radical (unpaired) electrons. The van der Waals surface area contributed by atoms with Gasteiger partial charge in [-0.1, -0.05) is 19.1 Å². The molecule has 1 saturated carbocycles. The molecular weight excluding hydrogens is 513 g/mol. The minimum atomic E-state index is -4.40. The van der Waals surface area contributed by atoms with Crippen molar-refractivity contribution < 1.29 is 21.6 Å². The van der Waals surface area contributed by atoms with Gasteiger partial charge in [0.05, 0.1) is 27.7 Å². The van der Waals surface area contributed by atoms with Crippen LogP contribution >= 0.6 is 11.3 Å². The number of sulfonamides is 1. The van der Waals surface area contributed by atoms with Crippen LogP contribution in [0.3, 0.4) is 0 Å². The molecule has 1 fully saturated rings. The van der Waals surface area contributed by atoms with Crippen LogP contribution in [0.5, 0.6) is 0 Å². The maximum atomic E-state index is 12.8. The maximum Gasteiger partial charge on any atom is 0.405 e. The van der Waals surface area contributed by atoms with Gasteiger partial charge in [-0.05, 0) is 44.2 Å². The van der Waals surface area contributed by atoms with Crippen molar-refractivity contribution in [2.75, 3.05) is 36.5 Å². The Balaban J connectivity index is 1.61. The van der Waals surface area contributed by atoms with E-state index < -0.39 is 22.7 Å². The van der Waals surface area contributed by atoms with E-state index in [1.54, 1.807) is 6.92 Å². The van der Waals surface area contributed by atoms with Gasteiger partial charge in [0.25, 0.3) is 0 Å². The molecule has 0 unspecified atom stereocenters. The third-order valence-corrected chi connectivity index (χ3v) is 8.61. The van der Waals surface area contributed by atoms with Crippen LogP contribution in [0.1, 0.15) is 31.9 Å². The van der Waals surface area contributed by atoms with E-state index in [9.17, 15) is 21.6 Å². The molecule has 0 bridgehead atoms. The predicted octanol–water partition coefficient (Wildman–Crippen LogP) is 4.90. The minimum Gasteiger partial charge on any atom is -0.367 e. The zero-order chi connectivity index (χ0) is 26.1. The van der Waals surface area contributed by atoms with Crippen LogP contribution in [0.4, 0.5) is 24.9 Å². The molecule has 2 heterocycles. The fourth-order valence-corrected chi connectivity index (χ4v) is 6.54. The Morgan fingerprint density at radius 3 is 2.58 bits per heavy atom. The number of rotatable bonds is 9. The molecule has 8 nitrogen and oxygen atoms in total. The molecule has 1 aliphatic rings. The lowest BCUT2D eigenvalue weighted by molar-refractivity contribution is -0.115. The third kappa shape index (κ3) is 6.43. The van der Waals surface area contributed by atoms with Crippen molar-refractivity contribution in [1.29, 1.82) is 0 Å². The molecule has 36 heavy (non-hydrogen) atoms. The van der Waals surface area contributed by atoms with Gasteiger partial charge >= 0.3 is 6.18 Å². The Hall–Kier alpha value is -2.51. The number of aromatic nitrogens is 3. The number of alkyl halides is 3. The summed E-state index contributed by atoms with van der Waals surface area (Å²) in [7, 11) is -3.28. The smallest absolute Gasteiger partial charge is 0.367 e. The van der Waals surface area contributed by atoms with Gasteiger partial charge in [0.1, 0.15) is 17.4 Å². The zero-order valence-corrected chi connectivity index (χ0v) is 21.9. The maximum absolute atomic E-state index is 12.8. The first-order valence-electron chi connectivity index (χ1n) is 11.7. The lowest BCUT2D eigenvalue weighted by Gasteiger charge is -2.22. The Morgan fingerprint density at radius 1 is 1.17 bits per heavy atom. The SMILES string of the molecule is CCN(C[C@H]1CC[C@H](Nc2nc(NCC(F)(F)F)nc(C)c2-c2nc3ccccc3s2)C1)S(C)(=O)=O. The van der Waals surface area contributed by atoms with Gasteiger partial charge in [-0.25, -0.2) is 22.7 Å². The van der Waals surface area contributed by atoms with E-state index in [4.69, 9.17) is 4.98 Å². The van der Waals surface area contributed by atoms with Crippen LogP contribution in [-0.2, 0) is 10.0 Å². The summed E-state index contributed by atoms with van der Waals surface area (Å²) < 4.78 is 64.9. The Morgan fingerprint density at radius 2 is 1.92 bits per heavy atom. The van der Waals surface area contributed by atoms with E-state index in [-0.39, 0.29) is 17.9 Å². The Bertz CT molecular complexity index is 1300. The summed E-state index contributed by atoms with van der Waals surface area (Å²) in [6.07, 6.45) is -0.840. The molecule has 4 rings (SSSR count). The van der Waals surface area contributed by atoms with Crippen molar-refractivity contribution in [3.8, 4) is 10.6 Å². The molecule has 1 aromatic carbocycles. The van der Waals surface area contributed by atoms with Gasteiger partial charge in [0.2, 0.25) is 16.0 Å². The normalized spacial score (nSPS) is 18.8. The summed E-state index contributed by atoms with van der Waals surface area (Å²) in [6, 6.07) is 7.67. The zero-order valence-electron chi connectivity index (χ0n) is 20.3. The van der Waals surface area contributed by atoms with E-state index in [2.05, 4.69) is 20.6 Å². The predicted molar refractivity (Wildman–Crippen MR) is 137 cm³/mol. The number of benzene rings is 1. The van der Waals surface area contributed by atoms with Crippen molar-refractivity contribution >= 4 is 43.3 Å². The number of nitrogens with zero attached hydrogens (tertiary/aromatic N) is 4. The van der Waals surface area contributed by atoms with Crippen LogP contribution in [0.2, 0.25) is 0 Å².